The number of hydrogen-bond acceptors (Lipinski definition) is 4. The molecule has 0 saturated heterocycles. The van der Waals surface area contributed by atoms with Crippen molar-refractivity contribution in [1.29, 1.82) is 0 Å². The molecule has 5 nitrogen and oxygen atoms in total. The average Bonchev–Trinajstić information content (AvgIpc) is 2.46. The van der Waals surface area contributed by atoms with Crippen LogP contribution < -0.4 is 10.1 Å². The Kier molecular flexibility index (Phi) is 4.90. The van der Waals surface area contributed by atoms with Crippen LogP contribution in [-0.4, -0.2) is 12.0 Å². The molecule has 2 aromatic rings. The van der Waals surface area contributed by atoms with Gasteiger partial charge in [-0.15, -0.1) is 0 Å². The predicted octanol–water partition coefficient (Wildman–Crippen LogP) is 3.20. The Hall–Kier alpha value is -2.40. The third kappa shape index (κ3) is 4.03. The molecule has 0 atom stereocenters. The van der Waals surface area contributed by atoms with Gasteiger partial charge in [-0.05, 0) is 25.6 Å². The molecule has 0 radical (unpaired) electrons. The number of nitrogens with zero attached hydrogens (tertiary/aromatic N) is 1. The van der Waals surface area contributed by atoms with Gasteiger partial charge in [0.15, 0.2) is 0 Å². The van der Waals surface area contributed by atoms with Gasteiger partial charge in [0.1, 0.15) is 12.4 Å². The molecule has 0 amide bonds. The highest BCUT2D eigenvalue weighted by Gasteiger charge is 2.11. The lowest BCUT2D eigenvalue weighted by atomic mass is 10.1. The summed E-state index contributed by atoms with van der Waals surface area (Å²) in [6, 6.07) is 12.7. The SMILES string of the molecule is CNCc1cc([N+](=O)[O-])ccc1OCc1cccc(C)c1. The Morgan fingerprint density at radius 1 is 1.24 bits per heavy atom. The van der Waals surface area contributed by atoms with Crippen LogP contribution in [0.3, 0.4) is 0 Å². The second-order valence-corrected chi connectivity index (χ2v) is 4.86. The monoisotopic (exact) mass is 286 g/mol. The molecule has 0 unspecified atom stereocenters. The van der Waals surface area contributed by atoms with Crippen molar-refractivity contribution in [2.45, 2.75) is 20.1 Å². The zero-order valence-corrected chi connectivity index (χ0v) is 12.1. The van der Waals surface area contributed by atoms with Crippen LogP contribution in [0.1, 0.15) is 16.7 Å². The minimum absolute atomic E-state index is 0.0724. The maximum Gasteiger partial charge on any atom is 0.270 e. The fourth-order valence-corrected chi connectivity index (χ4v) is 2.11. The minimum Gasteiger partial charge on any atom is -0.489 e. The van der Waals surface area contributed by atoms with Crippen molar-refractivity contribution in [3.05, 3.63) is 69.3 Å². The summed E-state index contributed by atoms with van der Waals surface area (Å²) in [5, 5.41) is 13.8. The van der Waals surface area contributed by atoms with Gasteiger partial charge in [-0.3, -0.25) is 10.1 Å². The number of nitrogens with one attached hydrogen (secondary N) is 1. The highest BCUT2D eigenvalue weighted by Crippen LogP contribution is 2.25. The fourth-order valence-electron chi connectivity index (χ4n) is 2.11. The van der Waals surface area contributed by atoms with E-state index in [2.05, 4.69) is 11.4 Å². The summed E-state index contributed by atoms with van der Waals surface area (Å²) >= 11 is 0. The van der Waals surface area contributed by atoms with Crippen LogP contribution in [0.15, 0.2) is 42.5 Å². The summed E-state index contributed by atoms with van der Waals surface area (Å²) in [4.78, 5) is 10.4. The fraction of sp³-hybridized carbons (Fsp3) is 0.250. The minimum atomic E-state index is -0.399. The number of rotatable bonds is 6. The number of nitro benzene ring substituents is 1. The lowest BCUT2D eigenvalue weighted by Crippen LogP contribution is -2.08. The topological polar surface area (TPSA) is 64.4 Å². The van der Waals surface area contributed by atoms with Gasteiger partial charge in [-0.25, -0.2) is 0 Å². The van der Waals surface area contributed by atoms with E-state index in [-0.39, 0.29) is 5.69 Å². The molecule has 21 heavy (non-hydrogen) atoms. The van der Waals surface area contributed by atoms with Crippen LogP contribution in [0, 0.1) is 17.0 Å². The molecule has 0 aliphatic carbocycles. The second kappa shape index (κ2) is 6.85. The largest absolute Gasteiger partial charge is 0.489 e. The molecule has 5 heteroatoms. The Balaban J connectivity index is 2.16. The smallest absolute Gasteiger partial charge is 0.270 e. The summed E-state index contributed by atoms with van der Waals surface area (Å²) in [5.74, 6) is 0.663. The van der Waals surface area contributed by atoms with E-state index in [0.717, 1.165) is 11.1 Å². The zero-order valence-electron chi connectivity index (χ0n) is 12.1. The van der Waals surface area contributed by atoms with Crippen LogP contribution in [0.2, 0.25) is 0 Å². The van der Waals surface area contributed by atoms with Crippen molar-refractivity contribution >= 4 is 5.69 Å². The molecule has 0 aliphatic heterocycles. The quantitative estimate of drug-likeness (QED) is 0.654. The van der Waals surface area contributed by atoms with Crippen molar-refractivity contribution in [2.24, 2.45) is 0 Å². The molecule has 0 spiro atoms. The number of non-ortho nitro benzene ring substituents is 1. The van der Waals surface area contributed by atoms with Crippen LogP contribution in [0.5, 0.6) is 5.75 Å². The molecule has 0 aliphatic rings. The lowest BCUT2D eigenvalue weighted by molar-refractivity contribution is -0.384. The average molecular weight is 286 g/mol. The van der Waals surface area contributed by atoms with Crippen molar-refractivity contribution < 1.29 is 9.66 Å². The molecule has 110 valence electrons. The molecule has 0 heterocycles. The third-order valence-corrected chi connectivity index (χ3v) is 3.10. The summed E-state index contributed by atoms with van der Waals surface area (Å²) < 4.78 is 5.80. The highest BCUT2D eigenvalue weighted by atomic mass is 16.6. The number of aryl methyl sites for hydroxylation is 1. The summed E-state index contributed by atoms with van der Waals surface area (Å²) in [7, 11) is 1.79. The van der Waals surface area contributed by atoms with E-state index in [0.29, 0.717) is 18.9 Å². The Bertz CT molecular complexity index is 641. The van der Waals surface area contributed by atoms with E-state index < -0.39 is 4.92 Å². The highest BCUT2D eigenvalue weighted by molar-refractivity contribution is 5.44. The van der Waals surface area contributed by atoms with E-state index in [1.165, 1.54) is 11.6 Å². The molecule has 0 bridgehead atoms. The van der Waals surface area contributed by atoms with E-state index in [4.69, 9.17) is 4.74 Å². The zero-order chi connectivity index (χ0) is 15.2. The van der Waals surface area contributed by atoms with Gasteiger partial charge in [0.2, 0.25) is 0 Å². The molecule has 1 N–H and O–H groups in total. The van der Waals surface area contributed by atoms with Crippen molar-refractivity contribution in [3.63, 3.8) is 0 Å². The van der Waals surface area contributed by atoms with Crippen LogP contribution in [-0.2, 0) is 13.2 Å². The van der Waals surface area contributed by atoms with Gasteiger partial charge < -0.3 is 10.1 Å². The van der Waals surface area contributed by atoms with Gasteiger partial charge >= 0.3 is 0 Å². The molecular weight excluding hydrogens is 268 g/mol. The van der Waals surface area contributed by atoms with E-state index in [9.17, 15) is 10.1 Å². The van der Waals surface area contributed by atoms with E-state index in [1.54, 1.807) is 19.2 Å². The first kappa shape index (κ1) is 15.0. The van der Waals surface area contributed by atoms with Crippen molar-refractivity contribution in [3.8, 4) is 5.75 Å². The summed E-state index contributed by atoms with van der Waals surface area (Å²) in [5.41, 5.74) is 3.10. The predicted molar refractivity (Wildman–Crippen MR) is 81.4 cm³/mol. The molecule has 0 fully saturated rings. The van der Waals surface area contributed by atoms with E-state index >= 15 is 0 Å². The Labute approximate surface area is 123 Å². The summed E-state index contributed by atoms with van der Waals surface area (Å²) in [6.45, 7) is 2.99. The van der Waals surface area contributed by atoms with E-state index in [1.807, 2.05) is 25.1 Å². The van der Waals surface area contributed by atoms with Gasteiger partial charge in [0.05, 0.1) is 4.92 Å². The molecule has 2 aromatic carbocycles. The number of nitro groups is 1. The van der Waals surface area contributed by atoms with Gasteiger partial charge in [0, 0.05) is 24.2 Å². The molecule has 0 saturated carbocycles. The third-order valence-electron chi connectivity index (χ3n) is 3.10. The summed E-state index contributed by atoms with van der Waals surface area (Å²) in [6.07, 6.45) is 0. The Morgan fingerprint density at radius 3 is 2.71 bits per heavy atom. The molecule has 2 rings (SSSR count). The first-order chi connectivity index (χ1) is 10.1. The van der Waals surface area contributed by atoms with Crippen molar-refractivity contribution in [1.82, 2.24) is 5.32 Å². The van der Waals surface area contributed by atoms with Crippen LogP contribution in [0.4, 0.5) is 5.69 Å². The van der Waals surface area contributed by atoms with Gasteiger partial charge in [-0.1, -0.05) is 29.8 Å². The maximum absolute atomic E-state index is 10.8. The van der Waals surface area contributed by atoms with Crippen LogP contribution in [0.25, 0.3) is 0 Å². The first-order valence-electron chi connectivity index (χ1n) is 6.70. The van der Waals surface area contributed by atoms with Gasteiger partial charge in [0.25, 0.3) is 5.69 Å². The molecular formula is C16H18N2O3. The van der Waals surface area contributed by atoms with Gasteiger partial charge in [-0.2, -0.15) is 0 Å². The normalized spacial score (nSPS) is 10.4. The molecule has 0 aromatic heterocycles. The van der Waals surface area contributed by atoms with Crippen molar-refractivity contribution in [2.75, 3.05) is 7.05 Å². The standard InChI is InChI=1S/C16H18N2O3/c1-12-4-3-5-13(8-12)11-21-16-7-6-15(18(19)20)9-14(16)10-17-2/h3-9,17H,10-11H2,1-2H3. The number of benzene rings is 2. The Morgan fingerprint density at radius 2 is 2.05 bits per heavy atom. The second-order valence-electron chi connectivity index (χ2n) is 4.86. The maximum atomic E-state index is 10.8. The number of ether oxygens (including phenoxy) is 1. The first-order valence-corrected chi connectivity index (χ1v) is 6.70. The van der Waals surface area contributed by atoms with Crippen LogP contribution >= 0.6 is 0 Å². The lowest BCUT2D eigenvalue weighted by Gasteiger charge is -2.11. The number of hydrogen-bond donors (Lipinski definition) is 1.